The van der Waals surface area contributed by atoms with Crippen LogP contribution in [-0.4, -0.2) is 36.0 Å². The van der Waals surface area contributed by atoms with E-state index in [-0.39, 0.29) is 0 Å². The third kappa shape index (κ3) is 1.48. The molecule has 0 unspecified atom stereocenters. The summed E-state index contributed by atoms with van der Waals surface area (Å²) in [6.45, 7) is 0. The van der Waals surface area contributed by atoms with Gasteiger partial charge in [0.05, 0.1) is 12.4 Å². The van der Waals surface area contributed by atoms with Gasteiger partial charge in [0, 0.05) is 0 Å². The van der Waals surface area contributed by atoms with Crippen LogP contribution in [0.15, 0.2) is 21.6 Å². The average Bonchev–Trinajstić information content (AvgIpc) is 2.77. The van der Waals surface area contributed by atoms with E-state index in [1.54, 1.807) is 0 Å². The van der Waals surface area contributed by atoms with Gasteiger partial charge in [-0.05, 0) is 31.9 Å². The summed E-state index contributed by atoms with van der Waals surface area (Å²) in [4.78, 5) is 11.6. The summed E-state index contributed by atoms with van der Waals surface area (Å²) < 4.78 is 2.98. The summed E-state index contributed by atoms with van der Waals surface area (Å²) in [5.41, 5.74) is 0. The maximum Gasteiger partial charge on any atom is 0.373 e. The predicted octanol–water partition coefficient (Wildman–Crippen LogP) is 0.911. The minimum atomic E-state index is -0.465. The molecule has 0 saturated heterocycles. The van der Waals surface area contributed by atoms with Crippen molar-refractivity contribution in [3.8, 4) is 0 Å². The van der Waals surface area contributed by atoms with E-state index in [9.17, 15) is 4.79 Å². The van der Waals surface area contributed by atoms with Gasteiger partial charge in [-0.3, -0.25) is 0 Å². The van der Waals surface area contributed by atoms with Crippen LogP contribution < -0.4 is 0 Å². The largest absolute Gasteiger partial charge is 0.373 e. The summed E-state index contributed by atoms with van der Waals surface area (Å²) in [6.07, 6.45) is 2.82. The van der Waals surface area contributed by atoms with E-state index in [2.05, 4.69) is 52.5 Å². The first kappa shape index (κ1) is 9.46. The van der Waals surface area contributed by atoms with E-state index in [0.29, 0.717) is 9.21 Å². The molecule has 0 spiro atoms. The number of halogens is 2. The molecule has 0 amide bonds. The number of carbonyl (C=O) groups excluding carboxylic acids is 1. The van der Waals surface area contributed by atoms with Crippen molar-refractivity contribution in [1.82, 2.24) is 30.0 Å². The zero-order valence-electron chi connectivity index (χ0n) is 6.50. The standard InChI is InChI=1S/C5H2Br2N6O/c6-3-4(7)13(11-9-3)5(14)12-2-1-8-10-12/h1-2H. The van der Waals surface area contributed by atoms with Gasteiger partial charge in [-0.2, -0.15) is 9.36 Å². The van der Waals surface area contributed by atoms with Crippen LogP contribution >= 0.6 is 31.9 Å². The molecule has 7 nitrogen and oxygen atoms in total. The van der Waals surface area contributed by atoms with Crippen molar-refractivity contribution < 1.29 is 4.79 Å². The van der Waals surface area contributed by atoms with Gasteiger partial charge in [-0.15, -0.1) is 10.2 Å². The van der Waals surface area contributed by atoms with E-state index >= 15 is 0 Å². The Balaban J connectivity index is 2.42. The first-order valence-corrected chi connectivity index (χ1v) is 4.96. The van der Waals surface area contributed by atoms with Crippen LogP contribution in [0.1, 0.15) is 0 Å². The first-order chi connectivity index (χ1) is 6.70. The Bertz CT molecular complexity index is 463. The molecular formula is C5H2Br2N6O. The number of hydrogen-bond donors (Lipinski definition) is 0. The molecule has 0 atom stereocenters. The molecule has 2 aromatic heterocycles. The van der Waals surface area contributed by atoms with E-state index in [1.165, 1.54) is 12.4 Å². The summed E-state index contributed by atoms with van der Waals surface area (Å²) in [5.74, 6) is 0. The molecule has 2 heterocycles. The van der Waals surface area contributed by atoms with Crippen LogP contribution in [-0.2, 0) is 0 Å². The minimum absolute atomic E-state index is 0.429. The van der Waals surface area contributed by atoms with Crippen molar-refractivity contribution in [2.45, 2.75) is 0 Å². The monoisotopic (exact) mass is 320 g/mol. The highest BCUT2D eigenvalue weighted by Crippen LogP contribution is 2.19. The van der Waals surface area contributed by atoms with Gasteiger partial charge in [0.2, 0.25) is 0 Å². The van der Waals surface area contributed by atoms with Crippen molar-refractivity contribution in [2.75, 3.05) is 0 Å². The Morgan fingerprint density at radius 3 is 2.64 bits per heavy atom. The number of nitrogens with zero attached hydrogens (tertiary/aromatic N) is 6. The van der Waals surface area contributed by atoms with Crippen LogP contribution in [0.25, 0.3) is 0 Å². The molecule has 2 aromatic rings. The number of carbonyl (C=O) groups is 1. The Morgan fingerprint density at radius 2 is 2.14 bits per heavy atom. The van der Waals surface area contributed by atoms with Crippen molar-refractivity contribution in [3.05, 3.63) is 21.6 Å². The topological polar surface area (TPSA) is 78.5 Å². The van der Waals surface area contributed by atoms with Crippen LogP contribution in [0.2, 0.25) is 0 Å². The van der Waals surface area contributed by atoms with E-state index in [0.717, 1.165) is 9.36 Å². The zero-order chi connectivity index (χ0) is 10.1. The van der Waals surface area contributed by atoms with Crippen LogP contribution in [0, 0.1) is 0 Å². The highest BCUT2D eigenvalue weighted by Gasteiger charge is 2.16. The van der Waals surface area contributed by atoms with Crippen molar-refractivity contribution in [2.24, 2.45) is 0 Å². The molecule has 72 valence electrons. The molecule has 0 saturated carbocycles. The highest BCUT2D eigenvalue weighted by molar-refractivity contribution is 9.13. The molecule has 9 heteroatoms. The first-order valence-electron chi connectivity index (χ1n) is 3.38. The normalized spacial score (nSPS) is 10.4. The fraction of sp³-hybridized carbons (Fsp3) is 0. The Kier molecular flexibility index (Phi) is 2.42. The summed E-state index contributed by atoms with van der Waals surface area (Å²) in [6, 6.07) is -0.465. The van der Waals surface area contributed by atoms with Gasteiger partial charge in [0.25, 0.3) is 0 Å². The fourth-order valence-electron chi connectivity index (χ4n) is 0.781. The SMILES string of the molecule is O=C(n1ccnn1)n1nnc(Br)c1Br. The van der Waals surface area contributed by atoms with E-state index in [4.69, 9.17) is 0 Å². The lowest BCUT2D eigenvalue weighted by atomic mass is 10.8. The summed E-state index contributed by atoms with van der Waals surface area (Å²) in [5, 5.41) is 14.3. The smallest absolute Gasteiger partial charge is 0.243 e. The number of rotatable bonds is 0. The Labute approximate surface area is 94.3 Å². The molecule has 0 aromatic carbocycles. The molecule has 0 fully saturated rings. The molecule has 0 aliphatic rings. The quantitative estimate of drug-likeness (QED) is 0.720. The van der Waals surface area contributed by atoms with Gasteiger partial charge in [0.15, 0.2) is 4.60 Å². The molecule has 0 aliphatic carbocycles. The average molecular weight is 322 g/mol. The lowest BCUT2D eigenvalue weighted by molar-refractivity contribution is 0.236. The zero-order valence-corrected chi connectivity index (χ0v) is 9.67. The van der Waals surface area contributed by atoms with Gasteiger partial charge in [-0.1, -0.05) is 10.4 Å². The fourth-order valence-corrected chi connectivity index (χ4v) is 1.32. The third-order valence-electron chi connectivity index (χ3n) is 1.38. The maximum atomic E-state index is 11.6. The van der Waals surface area contributed by atoms with Gasteiger partial charge in [0.1, 0.15) is 4.60 Å². The lowest BCUT2D eigenvalue weighted by Crippen LogP contribution is -2.21. The second-order valence-electron chi connectivity index (χ2n) is 2.21. The van der Waals surface area contributed by atoms with Gasteiger partial charge < -0.3 is 0 Å². The molecule has 0 bridgehead atoms. The van der Waals surface area contributed by atoms with Gasteiger partial charge in [-0.25, -0.2) is 4.79 Å². The second kappa shape index (κ2) is 3.58. The highest BCUT2D eigenvalue weighted by atomic mass is 79.9. The van der Waals surface area contributed by atoms with Crippen LogP contribution in [0.5, 0.6) is 0 Å². The van der Waals surface area contributed by atoms with Crippen LogP contribution in [0.4, 0.5) is 4.79 Å². The second-order valence-corrected chi connectivity index (χ2v) is 3.72. The van der Waals surface area contributed by atoms with Crippen molar-refractivity contribution in [3.63, 3.8) is 0 Å². The Morgan fingerprint density at radius 1 is 1.36 bits per heavy atom. The molecule has 0 aliphatic heterocycles. The van der Waals surface area contributed by atoms with E-state index < -0.39 is 6.03 Å². The predicted molar refractivity (Wildman–Crippen MR) is 51.6 cm³/mol. The molecule has 14 heavy (non-hydrogen) atoms. The third-order valence-corrected chi connectivity index (χ3v) is 3.16. The summed E-state index contributed by atoms with van der Waals surface area (Å²) in [7, 11) is 0. The molecular weight excluding hydrogens is 320 g/mol. The van der Waals surface area contributed by atoms with E-state index in [1.807, 2.05) is 0 Å². The molecule has 2 rings (SSSR count). The van der Waals surface area contributed by atoms with Crippen molar-refractivity contribution in [1.29, 1.82) is 0 Å². The number of hydrogen-bond acceptors (Lipinski definition) is 5. The van der Waals surface area contributed by atoms with Crippen molar-refractivity contribution >= 4 is 37.9 Å². The number of aromatic nitrogens is 6. The lowest BCUT2D eigenvalue weighted by Gasteiger charge is -1.97. The molecule has 0 N–H and O–H groups in total. The minimum Gasteiger partial charge on any atom is -0.243 e. The van der Waals surface area contributed by atoms with Gasteiger partial charge >= 0.3 is 6.03 Å². The maximum absolute atomic E-state index is 11.6. The summed E-state index contributed by atoms with van der Waals surface area (Å²) >= 11 is 6.25. The molecule has 0 radical (unpaired) electrons. The van der Waals surface area contributed by atoms with Crippen LogP contribution in [0.3, 0.4) is 0 Å². The Hall–Kier alpha value is -1.09.